The molecule has 2 atom stereocenters. The van der Waals surface area contributed by atoms with Gasteiger partial charge in [-0.15, -0.1) is 11.6 Å². The van der Waals surface area contributed by atoms with Gasteiger partial charge in [0.25, 0.3) is 0 Å². The number of rotatable bonds is 2. The highest BCUT2D eigenvalue weighted by molar-refractivity contribution is 6.30. The first-order valence-electron chi connectivity index (χ1n) is 7.19. The minimum Gasteiger partial charge on any atom is -0.489 e. The van der Waals surface area contributed by atoms with Crippen LogP contribution in [0.2, 0.25) is 5.02 Å². The molecule has 0 aliphatic heterocycles. The molecule has 0 radical (unpaired) electrons. The standard InChI is InChI=1S/C16H20Cl2O/c1-11-9-12(17)5-6-13(11)19-15-10-14(18)16(15)7-3-2-4-8-16/h5-6,9,14-15H,2-4,7-8,10H2,1H3. The summed E-state index contributed by atoms with van der Waals surface area (Å²) in [5.41, 5.74) is 1.34. The Hall–Kier alpha value is -0.400. The fraction of sp³-hybridized carbons (Fsp3) is 0.625. The Labute approximate surface area is 125 Å². The highest BCUT2D eigenvalue weighted by atomic mass is 35.5. The molecule has 2 unspecified atom stereocenters. The third-order valence-electron chi connectivity index (χ3n) is 4.88. The van der Waals surface area contributed by atoms with Crippen molar-refractivity contribution in [3.63, 3.8) is 0 Å². The van der Waals surface area contributed by atoms with Crippen molar-refractivity contribution in [2.75, 3.05) is 0 Å². The van der Waals surface area contributed by atoms with Crippen LogP contribution in [0.4, 0.5) is 0 Å². The van der Waals surface area contributed by atoms with Crippen molar-refractivity contribution in [1.29, 1.82) is 0 Å². The second-order valence-corrected chi connectivity index (χ2v) is 6.98. The van der Waals surface area contributed by atoms with E-state index in [1.165, 1.54) is 32.1 Å². The first-order chi connectivity index (χ1) is 9.12. The Morgan fingerprint density at radius 2 is 1.95 bits per heavy atom. The van der Waals surface area contributed by atoms with E-state index in [2.05, 4.69) is 0 Å². The van der Waals surface area contributed by atoms with Gasteiger partial charge >= 0.3 is 0 Å². The number of benzene rings is 1. The molecule has 1 spiro atoms. The molecule has 19 heavy (non-hydrogen) atoms. The summed E-state index contributed by atoms with van der Waals surface area (Å²) < 4.78 is 6.26. The number of halogens is 2. The Morgan fingerprint density at radius 1 is 1.21 bits per heavy atom. The molecule has 0 bridgehead atoms. The van der Waals surface area contributed by atoms with Crippen LogP contribution in [-0.2, 0) is 0 Å². The second kappa shape index (κ2) is 5.18. The summed E-state index contributed by atoms with van der Waals surface area (Å²) in [5, 5.41) is 1.06. The Morgan fingerprint density at radius 3 is 2.58 bits per heavy atom. The maximum absolute atomic E-state index is 6.51. The van der Waals surface area contributed by atoms with Crippen LogP contribution < -0.4 is 4.74 Å². The van der Waals surface area contributed by atoms with Crippen molar-refractivity contribution in [3.8, 4) is 5.75 Å². The minimum atomic E-state index is 0.228. The molecule has 0 aromatic heterocycles. The smallest absolute Gasteiger partial charge is 0.122 e. The quantitative estimate of drug-likeness (QED) is 0.668. The molecule has 2 saturated carbocycles. The molecular formula is C16H20Cl2O. The molecule has 1 aromatic rings. The SMILES string of the molecule is Cc1cc(Cl)ccc1OC1CC(Cl)C12CCCCC2. The van der Waals surface area contributed by atoms with Gasteiger partial charge in [-0.25, -0.2) is 0 Å². The van der Waals surface area contributed by atoms with Gasteiger partial charge < -0.3 is 4.74 Å². The lowest BCUT2D eigenvalue weighted by atomic mass is 9.58. The minimum absolute atomic E-state index is 0.228. The van der Waals surface area contributed by atoms with Gasteiger partial charge in [0.2, 0.25) is 0 Å². The monoisotopic (exact) mass is 298 g/mol. The van der Waals surface area contributed by atoms with Crippen molar-refractivity contribution in [2.45, 2.75) is 56.9 Å². The third-order valence-corrected chi connectivity index (χ3v) is 5.72. The summed E-state index contributed by atoms with van der Waals surface area (Å²) in [6.07, 6.45) is 7.64. The third kappa shape index (κ3) is 2.36. The van der Waals surface area contributed by atoms with E-state index in [4.69, 9.17) is 27.9 Å². The molecule has 1 aromatic carbocycles. The van der Waals surface area contributed by atoms with E-state index in [0.717, 1.165) is 22.8 Å². The molecule has 3 heteroatoms. The van der Waals surface area contributed by atoms with Crippen molar-refractivity contribution >= 4 is 23.2 Å². The number of hydrogen-bond donors (Lipinski definition) is 0. The van der Waals surface area contributed by atoms with Gasteiger partial charge in [-0.05, 0) is 43.5 Å². The highest BCUT2D eigenvalue weighted by Gasteiger charge is 2.55. The van der Waals surface area contributed by atoms with E-state index in [1.54, 1.807) is 0 Å². The van der Waals surface area contributed by atoms with Crippen LogP contribution in [0.3, 0.4) is 0 Å². The fourth-order valence-electron chi connectivity index (χ4n) is 3.61. The molecule has 2 aliphatic rings. The second-order valence-electron chi connectivity index (χ2n) is 6.01. The van der Waals surface area contributed by atoms with Gasteiger partial charge in [0.1, 0.15) is 11.9 Å². The number of alkyl halides is 1. The lowest BCUT2D eigenvalue weighted by Gasteiger charge is -2.55. The van der Waals surface area contributed by atoms with Crippen LogP contribution in [0.1, 0.15) is 44.1 Å². The average molecular weight is 299 g/mol. The molecule has 0 saturated heterocycles. The van der Waals surface area contributed by atoms with Crippen molar-refractivity contribution < 1.29 is 4.74 Å². The van der Waals surface area contributed by atoms with Gasteiger partial charge in [-0.1, -0.05) is 30.9 Å². The van der Waals surface area contributed by atoms with E-state index >= 15 is 0 Å². The summed E-state index contributed by atoms with van der Waals surface area (Å²) in [5.74, 6) is 0.961. The zero-order valence-corrected chi connectivity index (χ0v) is 12.8. The average Bonchev–Trinajstić information content (AvgIpc) is 2.42. The molecule has 2 fully saturated rings. The van der Waals surface area contributed by atoms with Crippen molar-refractivity contribution in [3.05, 3.63) is 28.8 Å². The van der Waals surface area contributed by atoms with Crippen LogP contribution in [0.5, 0.6) is 5.75 Å². The number of ether oxygens (including phenoxy) is 1. The number of hydrogen-bond acceptors (Lipinski definition) is 1. The zero-order valence-electron chi connectivity index (χ0n) is 11.3. The van der Waals surface area contributed by atoms with E-state index in [0.29, 0.717) is 5.38 Å². The van der Waals surface area contributed by atoms with E-state index in [9.17, 15) is 0 Å². The molecule has 0 N–H and O–H groups in total. The predicted octanol–water partition coefficient (Wildman–Crippen LogP) is 5.36. The summed E-state index contributed by atoms with van der Waals surface area (Å²) in [6.45, 7) is 2.05. The molecular weight excluding hydrogens is 279 g/mol. The lowest BCUT2D eigenvalue weighted by molar-refractivity contribution is -0.0653. The Kier molecular flexibility index (Phi) is 3.70. The molecule has 0 amide bonds. The molecule has 2 aliphatic carbocycles. The van der Waals surface area contributed by atoms with Crippen molar-refractivity contribution in [1.82, 2.24) is 0 Å². The fourth-order valence-corrected chi connectivity index (χ4v) is 4.35. The summed E-state index contributed by atoms with van der Waals surface area (Å²) in [7, 11) is 0. The topological polar surface area (TPSA) is 9.23 Å². The molecule has 0 heterocycles. The van der Waals surface area contributed by atoms with Crippen LogP contribution in [0.25, 0.3) is 0 Å². The first-order valence-corrected chi connectivity index (χ1v) is 8.00. The van der Waals surface area contributed by atoms with Gasteiger partial charge in [0, 0.05) is 22.2 Å². The zero-order chi connectivity index (χ0) is 13.5. The summed E-state index contributed by atoms with van der Waals surface area (Å²) >= 11 is 12.5. The van der Waals surface area contributed by atoms with Gasteiger partial charge in [0.15, 0.2) is 0 Å². The first kappa shape index (κ1) is 13.6. The maximum Gasteiger partial charge on any atom is 0.122 e. The molecule has 1 nitrogen and oxygen atoms in total. The van der Waals surface area contributed by atoms with E-state index < -0.39 is 0 Å². The summed E-state index contributed by atoms with van der Waals surface area (Å²) in [6, 6.07) is 5.84. The van der Waals surface area contributed by atoms with E-state index in [-0.39, 0.29) is 11.5 Å². The normalized spacial score (nSPS) is 29.0. The van der Waals surface area contributed by atoms with Crippen molar-refractivity contribution in [2.24, 2.45) is 5.41 Å². The largest absolute Gasteiger partial charge is 0.489 e. The predicted molar refractivity (Wildman–Crippen MR) is 80.4 cm³/mol. The van der Waals surface area contributed by atoms with Gasteiger partial charge in [-0.3, -0.25) is 0 Å². The van der Waals surface area contributed by atoms with Gasteiger partial charge in [-0.2, -0.15) is 0 Å². The maximum atomic E-state index is 6.51. The van der Waals surface area contributed by atoms with E-state index in [1.807, 2.05) is 25.1 Å². The Bertz CT molecular complexity index is 466. The lowest BCUT2D eigenvalue weighted by Crippen LogP contribution is -2.58. The van der Waals surface area contributed by atoms with Crippen LogP contribution in [0, 0.1) is 12.3 Å². The Balaban J connectivity index is 1.76. The number of aryl methyl sites for hydroxylation is 1. The molecule has 3 rings (SSSR count). The van der Waals surface area contributed by atoms with Gasteiger partial charge in [0.05, 0.1) is 0 Å². The van der Waals surface area contributed by atoms with Crippen LogP contribution in [-0.4, -0.2) is 11.5 Å². The summed E-state index contributed by atoms with van der Waals surface area (Å²) in [4.78, 5) is 0. The highest BCUT2D eigenvalue weighted by Crippen LogP contribution is 2.55. The molecule has 104 valence electrons. The van der Waals surface area contributed by atoms with Crippen LogP contribution in [0.15, 0.2) is 18.2 Å². The van der Waals surface area contributed by atoms with Crippen LogP contribution >= 0.6 is 23.2 Å².